The van der Waals surface area contributed by atoms with Crippen LogP contribution in [0.15, 0.2) is 12.7 Å². The van der Waals surface area contributed by atoms with Crippen molar-refractivity contribution in [1.82, 2.24) is 10.2 Å². The van der Waals surface area contributed by atoms with E-state index in [-0.39, 0.29) is 23.5 Å². The van der Waals surface area contributed by atoms with Gasteiger partial charge in [0.05, 0.1) is 18.8 Å². The van der Waals surface area contributed by atoms with Crippen LogP contribution >= 0.6 is 0 Å². The van der Waals surface area contributed by atoms with Crippen molar-refractivity contribution in [1.29, 1.82) is 0 Å². The lowest BCUT2D eigenvalue weighted by atomic mass is 9.58. The number of aliphatic hydroxyl groups is 1. The number of carbonyl (C=O) groups excluding carboxylic acids is 1. The van der Waals surface area contributed by atoms with Crippen molar-refractivity contribution >= 4 is 5.91 Å². The lowest BCUT2D eigenvalue weighted by molar-refractivity contribution is -0.209. The van der Waals surface area contributed by atoms with Gasteiger partial charge in [-0.15, -0.1) is 6.58 Å². The lowest BCUT2D eigenvalue weighted by Gasteiger charge is -2.56. The molecular formula is C15H26N2O3. The number of ether oxygens (including phenoxy) is 1. The summed E-state index contributed by atoms with van der Waals surface area (Å²) >= 11 is 0. The lowest BCUT2D eigenvalue weighted by Crippen LogP contribution is -2.62. The van der Waals surface area contributed by atoms with Gasteiger partial charge in [-0.25, -0.2) is 0 Å². The first-order valence-electron chi connectivity index (χ1n) is 7.52. The molecule has 1 spiro atoms. The largest absolute Gasteiger partial charge is 0.392 e. The third-order valence-corrected chi connectivity index (χ3v) is 4.71. The number of nitrogens with zero attached hydrogens (tertiary/aromatic N) is 1. The minimum absolute atomic E-state index is 0.0383. The molecule has 1 saturated heterocycles. The average molecular weight is 282 g/mol. The van der Waals surface area contributed by atoms with E-state index in [4.69, 9.17) is 4.74 Å². The van der Waals surface area contributed by atoms with E-state index < -0.39 is 0 Å². The van der Waals surface area contributed by atoms with Gasteiger partial charge in [0.1, 0.15) is 0 Å². The summed E-state index contributed by atoms with van der Waals surface area (Å²) in [5.41, 5.74) is -0.0654. The first-order valence-corrected chi connectivity index (χ1v) is 7.52. The number of aliphatic hydroxyl groups excluding tert-OH is 1. The van der Waals surface area contributed by atoms with E-state index in [2.05, 4.69) is 16.8 Å². The molecule has 0 aromatic rings. The second kappa shape index (κ2) is 6.70. The van der Waals surface area contributed by atoms with E-state index >= 15 is 0 Å². The van der Waals surface area contributed by atoms with Gasteiger partial charge in [-0.2, -0.15) is 0 Å². The molecule has 1 aliphatic heterocycles. The number of nitrogens with one attached hydrogen (secondary N) is 1. The van der Waals surface area contributed by atoms with E-state index in [0.29, 0.717) is 19.7 Å². The van der Waals surface area contributed by atoms with E-state index in [0.717, 1.165) is 32.4 Å². The van der Waals surface area contributed by atoms with E-state index in [9.17, 15) is 9.90 Å². The Morgan fingerprint density at radius 1 is 1.55 bits per heavy atom. The van der Waals surface area contributed by atoms with Crippen molar-refractivity contribution in [3.05, 3.63) is 12.7 Å². The number of rotatable bonds is 6. The van der Waals surface area contributed by atoms with Crippen LogP contribution in [0.25, 0.3) is 0 Å². The Labute approximate surface area is 121 Å². The smallest absolute Gasteiger partial charge is 0.234 e. The van der Waals surface area contributed by atoms with Crippen LogP contribution in [0.2, 0.25) is 0 Å². The molecule has 5 nitrogen and oxygen atoms in total. The number of hydrogen-bond acceptors (Lipinski definition) is 4. The highest BCUT2D eigenvalue weighted by Crippen LogP contribution is 2.50. The van der Waals surface area contributed by atoms with Crippen molar-refractivity contribution in [3.63, 3.8) is 0 Å². The molecule has 1 amide bonds. The molecule has 1 heterocycles. The highest BCUT2D eigenvalue weighted by molar-refractivity contribution is 5.78. The van der Waals surface area contributed by atoms with Crippen molar-refractivity contribution < 1.29 is 14.6 Å². The summed E-state index contributed by atoms with van der Waals surface area (Å²) in [6.45, 7) is 8.92. The Morgan fingerprint density at radius 2 is 2.25 bits per heavy atom. The molecule has 0 bridgehead atoms. The normalized spacial score (nSPS) is 28.9. The molecule has 5 heteroatoms. The van der Waals surface area contributed by atoms with Crippen LogP contribution in [-0.4, -0.2) is 60.9 Å². The van der Waals surface area contributed by atoms with Gasteiger partial charge >= 0.3 is 0 Å². The fourth-order valence-electron chi connectivity index (χ4n) is 3.39. The minimum Gasteiger partial charge on any atom is -0.392 e. The number of hydrogen-bond donors (Lipinski definition) is 2. The molecule has 114 valence electrons. The summed E-state index contributed by atoms with van der Waals surface area (Å²) in [5.74, 6) is 0.0383. The van der Waals surface area contributed by atoms with Crippen molar-refractivity contribution in [2.24, 2.45) is 5.41 Å². The second-order valence-electron chi connectivity index (χ2n) is 5.80. The summed E-state index contributed by atoms with van der Waals surface area (Å²) in [6.07, 6.45) is 4.21. The maximum absolute atomic E-state index is 11.7. The number of piperidine rings is 1. The molecule has 2 rings (SSSR count). The fraction of sp³-hybridized carbons (Fsp3) is 0.800. The summed E-state index contributed by atoms with van der Waals surface area (Å²) in [7, 11) is 0. The molecule has 2 atom stereocenters. The standard InChI is InChI=1S/C15H26N2O3/c1-3-7-16-14(19)11-17-8-5-15(6-9-17)12(18)10-13(15)20-4-2/h3,12-13,18H,1,4-11H2,2H3,(H,16,19). The first-order chi connectivity index (χ1) is 9.62. The summed E-state index contributed by atoms with van der Waals surface area (Å²) in [5, 5.41) is 12.9. The highest BCUT2D eigenvalue weighted by atomic mass is 16.5. The SMILES string of the molecule is C=CCNC(=O)CN1CCC2(CC1)C(O)CC2OCC. The number of carbonyl (C=O) groups is 1. The predicted molar refractivity (Wildman–Crippen MR) is 77.4 cm³/mol. The Balaban J connectivity index is 1.79. The van der Waals surface area contributed by atoms with Gasteiger partial charge in [0.2, 0.25) is 5.91 Å². The third kappa shape index (κ3) is 3.05. The van der Waals surface area contributed by atoms with Gasteiger partial charge < -0.3 is 15.2 Å². The Morgan fingerprint density at radius 3 is 2.80 bits per heavy atom. The van der Waals surface area contributed by atoms with Crippen LogP contribution in [0.1, 0.15) is 26.2 Å². The first kappa shape index (κ1) is 15.5. The predicted octanol–water partition coefficient (Wildman–Crippen LogP) is 0.540. The van der Waals surface area contributed by atoms with E-state index in [1.807, 2.05) is 6.92 Å². The minimum atomic E-state index is -0.240. The molecule has 1 saturated carbocycles. The third-order valence-electron chi connectivity index (χ3n) is 4.71. The zero-order valence-corrected chi connectivity index (χ0v) is 12.3. The Hall–Kier alpha value is -0.910. The summed E-state index contributed by atoms with van der Waals surface area (Å²) < 4.78 is 5.74. The topological polar surface area (TPSA) is 61.8 Å². The molecule has 0 aromatic heterocycles. The zero-order valence-electron chi connectivity index (χ0n) is 12.3. The monoisotopic (exact) mass is 282 g/mol. The van der Waals surface area contributed by atoms with Crippen molar-refractivity contribution in [2.75, 3.05) is 32.8 Å². The van der Waals surface area contributed by atoms with Crippen LogP contribution in [0.5, 0.6) is 0 Å². The molecule has 2 fully saturated rings. The average Bonchev–Trinajstić information content (AvgIpc) is 2.46. The van der Waals surface area contributed by atoms with Gasteiger partial charge in [0, 0.05) is 25.0 Å². The van der Waals surface area contributed by atoms with Gasteiger partial charge in [0.25, 0.3) is 0 Å². The van der Waals surface area contributed by atoms with Gasteiger partial charge in [-0.05, 0) is 32.9 Å². The van der Waals surface area contributed by atoms with Crippen LogP contribution in [0.4, 0.5) is 0 Å². The van der Waals surface area contributed by atoms with Gasteiger partial charge in [-0.1, -0.05) is 6.08 Å². The number of likely N-dealkylation sites (tertiary alicyclic amines) is 1. The summed E-state index contributed by atoms with van der Waals surface area (Å²) in [4.78, 5) is 13.8. The fourth-order valence-corrected chi connectivity index (χ4v) is 3.39. The van der Waals surface area contributed by atoms with Crippen LogP contribution < -0.4 is 5.32 Å². The van der Waals surface area contributed by atoms with Crippen molar-refractivity contribution in [2.45, 2.75) is 38.4 Å². The molecule has 2 unspecified atom stereocenters. The van der Waals surface area contributed by atoms with Crippen LogP contribution in [-0.2, 0) is 9.53 Å². The van der Waals surface area contributed by atoms with Crippen LogP contribution in [0.3, 0.4) is 0 Å². The summed E-state index contributed by atoms with van der Waals surface area (Å²) in [6, 6.07) is 0. The highest BCUT2D eigenvalue weighted by Gasteiger charge is 2.55. The number of amides is 1. The van der Waals surface area contributed by atoms with Crippen LogP contribution in [0, 0.1) is 5.41 Å². The molecule has 0 radical (unpaired) electrons. The molecular weight excluding hydrogens is 256 g/mol. The molecule has 0 aromatic carbocycles. The second-order valence-corrected chi connectivity index (χ2v) is 5.80. The Kier molecular flexibility index (Phi) is 5.18. The van der Waals surface area contributed by atoms with Crippen molar-refractivity contribution in [3.8, 4) is 0 Å². The maximum Gasteiger partial charge on any atom is 0.234 e. The maximum atomic E-state index is 11.7. The quantitative estimate of drug-likeness (QED) is 0.698. The Bertz CT molecular complexity index is 349. The van der Waals surface area contributed by atoms with Gasteiger partial charge in [-0.3, -0.25) is 9.69 Å². The molecule has 2 aliphatic rings. The molecule has 20 heavy (non-hydrogen) atoms. The molecule has 2 N–H and O–H groups in total. The van der Waals surface area contributed by atoms with Gasteiger partial charge in [0.15, 0.2) is 0 Å². The van der Waals surface area contributed by atoms with E-state index in [1.54, 1.807) is 6.08 Å². The molecule has 1 aliphatic carbocycles. The zero-order chi connectivity index (χ0) is 14.6. The van der Waals surface area contributed by atoms with E-state index in [1.165, 1.54) is 0 Å².